The Kier molecular flexibility index (Phi) is 4.45. The van der Waals surface area contributed by atoms with E-state index >= 15 is 0 Å². The molecule has 2 fully saturated rings. The van der Waals surface area contributed by atoms with Crippen molar-refractivity contribution in [2.24, 2.45) is 5.92 Å². The summed E-state index contributed by atoms with van der Waals surface area (Å²) in [5.74, 6) is 0.141. The first kappa shape index (κ1) is 13.6. The van der Waals surface area contributed by atoms with Gasteiger partial charge in [-0.2, -0.15) is 0 Å². The van der Waals surface area contributed by atoms with Crippen LogP contribution in [0.5, 0.6) is 0 Å². The Morgan fingerprint density at radius 3 is 2.61 bits per heavy atom. The molecule has 0 bridgehead atoms. The fraction of sp³-hybridized carbons (Fsp3) is 0.923. The van der Waals surface area contributed by atoms with Gasteiger partial charge in [-0.1, -0.05) is 6.42 Å². The first-order chi connectivity index (χ1) is 8.59. The summed E-state index contributed by atoms with van der Waals surface area (Å²) < 4.78 is 10.9. The number of ether oxygens (including phenoxy) is 2. The van der Waals surface area contributed by atoms with Gasteiger partial charge in [0.05, 0.1) is 13.2 Å². The molecule has 2 N–H and O–H groups in total. The molecule has 2 rings (SSSR count). The maximum Gasteiger partial charge on any atom is 0.315 e. The number of hydrogen-bond acceptors (Lipinski definition) is 3. The van der Waals surface area contributed by atoms with Crippen LogP contribution in [-0.2, 0) is 9.47 Å². The summed E-state index contributed by atoms with van der Waals surface area (Å²) >= 11 is 0. The van der Waals surface area contributed by atoms with Crippen molar-refractivity contribution < 1.29 is 14.3 Å². The maximum atomic E-state index is 11.7. The zero-order valence-electron chi connectivity index (χ0n) is 11.3. The number of carbonyl (C=O) groups is 1. The van der Waals surface area contributed by atoms with E-state index in [-0.39, 0.29) is 12.1 Å². The Morgan fingerprint density at radius 2 is 2.06 bits per heavy atom. The number of carbonyl (C=O) groups excluding carboxylic acids is 1. The van der Waals surface area contributed by atoms with Gasteiger partial charge >= 0.3 is 6.03 Å². The van der Waals surface area contributed by atoms with Gasteiger partial charge in [0.2, 0.25) is 0 Å². The average molecular weight is 256 g/mol. The molecular formula is C13H24N2O3. The maximum absolute atomic E-state index is 11.7. The van der Waals surface area contributed by atoms with Gasteiger partial charge in [0.25, 0.3) is 0 Å². The molecule has 1 aliphatic heterocycles. The number of hydrogen-bond donors (Lipinski definition) is 2. The Morgan fingerprint density at radius 1 is 1.39 bits per heavy atom. The lowest BCUT2D eigenvalue weighted by Gasteiger charge is -2.32. The largest absolute Gasteiger partial charge is 0.348 e. The van der Waals surface area contributed by atoms with Gasteiger partial charge in [-0.3, -0.25) is 0 Å². The van der Waals surface area contributed by atoms with Crippen molar-refractivity contribution >= 4 is 6.03 Å². The second-order valence-corrected chi connectivity index (χ2v) is 5.46. The first-order valence-corrected chi connectivity index (χ1v) is 6.91. The van der Waals surface area contributed by atoms with Crippen molar-refractivity contribution in [3.8, 4) is 0 Å². The van der Waals surface area contributed by atoms with Crippen LogP contribution in [0.3, 0.4) is 0 Å². The molecule has 1 heterocycles. The zero-order valence-corrected chi connectivity index (χ0v) is 11.3. The standard InChI is InChI=1S/C13H24N2O3/c1-10(11-4-3-5-11)15-12(16)14-7-6-13(2)17-8-9-18-13/h10-11H,3-9H2,1-2H3,(H2,14,15,16). The summed E-state index contributed by atoms with van der Waals surface area (Å²) in [6.07, 6.45) is 4.45. The van der Waals surface area contributed by atoms with Crippen molar-refractivity contribution in [1.82, 2.24) is 10.6 Å². The van der Waals surface area contributed by atoms with Crippen molar-refractivity contribution in [3.05, 3.63) is 0 Å². The van der Waals surface area contributed by atoms with E-state index in [1.54, 1.807) is 0 Å². The number of nitrogens with one attached hydrogen (secondary N) is 2. The molecule has 1 atom stereocenters. The van der Waals surface area contributed by atoms with Crippen LogP contribution >= 0.6 is 0 Å². The fourth-order valence-electron chi connectivity index (χ4n) is 2.42. The summed E-state index contributed by atoms with van der Waals surface area (Å²) in [4.78, 5) is 11.7. The molecule has 2 aliphatic rings. The topological polar surface area (TPSA) is 59.6 Å². The third-order valence-corrected chi connectivity index (χ3v) is 3.98. The average Bonchev–Trinajstić information content (AvgIpc) is 2.62. The van der Waals surface area contributed by atoms with E-state index in [2.05, 4.69) is 17.6 Å². The van der Waals surface area contributed by atoms with Gasteiger partial charge in [0, 0.05) is 19.0 Å². The molecule has 0 spiro atoms. The highest BCUT2D eigenvalue weighted by atomic mass is 16.7. The Balaban J connectivity index is 1.59. The minimum Gasteiger partial charge on any atom is -0.348 e. The highest BCUT2D eigenvalue weighted by Gasteiger charge is 2.30. The van der Waals surface area contributed by atoms with E-state index in [9.17, 15) is 4.79 Å². The molecule has 5 nitrogen and oxygen atoms in total. The Labute approximate surface area is 109 Å². The lowest BCUT2D eigenvalue weighted by Crippen LogP contribution is -2.46. The van der Waals surface area contributed by atoms with E-state index in [4.69, 9.17) is 9.47 Å². The third kappa shape index (κ3) is 3.59. The van der Waals surface area contributed by atoms with E-state index in [1.165, 1.54) is 19.3 Å². The van der Waals surface area contributed by atoms with Crippen molar-refractivity contribution in [3.63, 3.8) is 0 Å². The van der Waals surface area contributed by atoms with Gasteiger partial charge in [0.15, 0.2) is 5.79 Å². The van der Waals surface area contributed by atoms with Crippen LogP contribution in [0.1, 0.15) is 39.5 Å². The van der Waals surface area contributed by atoms with Gasteiger partial charge in [-0.05, 0) is 32.6 Å². The van der Waals surface area contributed by atoms with E-state index in [0.717, 1.165) is 0 Å². The van der Waals surface area contributed by atoms with Crippen LogP contribution in [0, 0.1) is 5.92 Å². The quantitative estimate of drug-likeness (QED) is 0.786. The minimum absolute atomic E-state index is 0.0870. The highest BCUT2D eigenvalue weighted by Crippen LogP contribution is 2.29. The van der Waals surface area contributed by atoms with Crippen molar-refractivity contribution in [2.75, 3.05) is 19.8 Å². The molecule has 104 valence electrons. The smallest absolute Gasteiger partial charge is 0.315 e. The van der Waals surface area contributed by atoms with Crippen LogP contribution in [0.25, 0.3) is 0 Å². The third-order valence-electron chi connectivity index (χ3n) is 3.98. The monoisotopic (exact) mass is 256 g/mol. The summed E-state index contributed by atoms with van der Waals surface area (Å²) in [7, 11) is 0. The minimum atomic E-state index is -0.521. The lowest BCUT2D eigenvalue weighted by atomic mass is 9.80. The molecule has 1 aliphatic carbocycles. The zero-order chi connectivity index (χ0) is 13.0. The molecule has 0 aromatic heterocycles. The molecule has 18 heavy (non-hydrogen) atoms. The number of rotatable bonds is 5. The summed E-state index contributed by atoms with van der Waals surface area (Å²) in [6.45, 7) is 5.84. The number of amides is 2. The van der Waals surface area contributed by atoms with E-state index in [0.29, 0.717) is 32.1 Å². The summed E-state index contributed by atoms with van der Waals surface area (Å²) in [5.41, 5.74) is 0. The number of urea groups is 1. The molecule has 0 aromatic carbocycles. The van der Waals surface area contributed by atoms with Crippen LogP contribution in [0.4, 0.5) is 4.79 Å². The van der Waals surface area contributed by atoms with Crippen molar-refractivity contribution in [2.45, 2.75) is 51.4 Å². The normalized spacial score (nSPS) is 24.3. The predicted octanol–water partition coefficient (Wildman–Crippen LogP) is 1.63. The van der Waals surface area contributed by atoms with Gasteiger partial charge in [-0.15, -0.1) is 0 Å². The first-order valence-electron chi connectivity index (χ1n) is 6.91. The molecule has 0 radical (unpaired) electrons. The fourth-order valence-corrected chi connectivity index (χ4v) is 2.42. The van der Waals surface area contributed by atoms with Crippen LogP contribution in [-0.4, -0.2) is 37.6 Å². The second kappa shape index (κ2) is 5.89. The molecule has 1 saturated carbocycles. The highest BCUT2D eigenvalue weighted by molar-refractivity contribution is 5.74. The SMILES string of the molecule is CC(NC(=O)NCCC1(C)OCCO1)C1CCC1. The van der Waals surface area contributed by atoms with Crippen molar-refractivity contribution in [1.29, 1.82) is 0 Å². The molecule has 1 unspecified atom stereocenters. The second-order valence-electron chi connectivity index (χ2n) is 5.46. The van der Waals surface area contributed by atoms with Crippen LogP contribution < -0.4 is 10.6 Å². The Hall–Kier alpha value is -0.810. The molecule has 5 heteroatoms. The lowest BCUT2D eigenvalue weighted by molar-refractivity contribution is -0.145. The van der Waals surface area contributed by atoms with Gasteiger partial charge in [-0.25, -0.2) is 4.79 Å². The summed E-state index contributed by atoms with van der Waals surface area (Å²) in [5, 5.41) is 5.85. The molecular weight excluding hydrogens is 232 g/mol. The van der Waals surface area contributed by atoms with Crippen LogP contribution in [0.2, 0.25) is 0 Å². The molecule has 1 saturated heterocycles. The molecule has 0 aromatic rings. The van der Waals surface area contributed by atoms with E-state index < -0.39 is 5.79 Å². The summed E-state index contributed by atoms with van der Waals surface area (Å²) in [6, 6.07) is 0.185. The predicted molar refractivity (Wildman–Crippen MR) is 68.3 cm³/mol. The van der Waals surface area contributed by atoms with Gasteiger partial charge < -0.3 is 20.1 Å². The van der Waals surface area contributed by atoms with Crippen LogP contribution in [0.15, 0.2) is 0 Å². The Bertz CT molecular complexity index is 286. The van der Waals surface area contributed by atoms with Gasteiger partial charge in [0.1, 0.15) is 0 Å². The molecule has 2 amide bonds. The van der Waals surface area contributed by atoms with E-state index in [1.807, 2.05) is 6.92 Å².